The normalized spacial score (nSPS) is 10.5. The molecule has 0 saturated heterocycles. The van der Waals surface area contributed by atoms with E-state index in [9.17, 15) is 4.79 Å². The van der Waals surface area contributed by atoms with Crippen molar-refractivity contribution in [2.45, 2.75) is 13.5 Å². The van der Waals surface area contributed by atoms with Gasteiger partial charge >= 0.3 is 0 Å². The summed E-state index contributed by atoms with van der Waals surface area (Å²) >= 11 is 6.74. The third-order valence-corrected chi connectivity index (χ3v) is 4.01. The van der Waals surface area contributed by atoms with Gasteiger partial charge < -0.3 is 4.57 Å². The van der Waals surface area contributed by atoms with Gasteiger partial charge in [-0.1, -0.05) is 30.3 Å². The highest BCUT2D eigenvalue weighted by molar-refractivity contribution is 9.11. The first-order chi connectivity index (χ1) is 8.09. The van der Waals surface area contributed by atoms with Crippen LogP contribution in [0.25, 0.3) is 0 Å². The second-order valence-corrected chi connectivity index (χ2v) is 5.51. The largest absolute Gasteiger partial charge is 0.306 e. The molecule has 0 amide bonds. The van der Waals surface area contributed by atoms with E-state index in [-0.39, 0.29) is 5.56 Å². The highest BCUT2D eigenvalue weighted by atomic mass is 79.9. The Morgan fingerprint density at radius 2 is 1.76 bits per heavy atom. The lowest BCUT2D eigenvalue weighted by atomic mass is 10.2. The maximum Gasteiger partial charge on any atom is 0.265 e. The minimum atomic E-state index is -0.00504. The average molecular weight is 357 g/mol. The van der Waals surface area contributed by atoms with Crippen molar-refractivity contribution in [1.29, 1.82) is 0 Å². The Kier molecular flexibility index (Phi) is 3.84. The quantitative estimate of drug-likeness (QED) is 0.803. The van der Waals surface area contributed by atoms with Crippen LogP contribution in [-0.4, -0.2) is 4.57 Å². The van der Waals surface area contributed by atoms with Crippen molar-refractivity contribution < 1.29 is 0 Å². The summed E-state index contributed by atoms with van der Waals surface area (Å²) in [5, 5.41) is 0. The first-order valence-corrected chi connectivity index (χ1v) is 6.77. The Labute approximate surface area is 117 Å². The molecule has 88 valence electrons. The topological polar surface area (TPSA) is 22.0 Å². The van der Waals surface area contributed by atoms with Gasteiger partial charge in [0.2, 0.25) is 0 Å². The lowest BCUT2D eigenvalue weighted by Gasteiger charge is -2.12. The van der Waals surface area contributed by atoms with Crippen molar-refractivity contribution in [3.05, 3.63) is 67.0 Å². The first-order valence-electron chi connectivity index (χ1n) is 5.19. The number of aromatic nitrogens is 1. The summed E-state index contributed by atoms with van der Waals surface area (Å²) in [4.78, 5) is 12.0. The molecule has 0 radical (unpaired) electrons. The van der Waals surface area contributed by atoms with Gasteiger partial charge in [-0.15, -0.1) is 0 Å². The van der Waals surface area contributed by atoms with E-state index in [0.29, 0.717) is 11.0 Å². The van der Waals surface area contributed by atoms with Crippen molar-refractivity contribution >= 4 is 31.9 Å². The molecule has 0 aliphatic heterocycles. The van der Waals surface area contributed by atoms with Gasteiger partial charge in [-0.05, 0) is 50.4 Å². The second kappa shape index (κ2) is 5.19. The van der Waals surface area contributed by atoms with Gasteiger partial charge in [-0.2, -0.15) is 0 Å². The van der Waals surface area contributed by atoms with Crippen molar-refractivity contribution in [2.24, 2.45) is 0 Å². The minimum absolute atomic E-state index is 0.00504. The van der Waals surface area contributed by atoms with E-state index in [1.807, 2.05) is 37.3 Å². The van der Waals surface area contributed by atoms with Crippen molar-refractivity contribution in [2.75, 3.05) is 0 Å². The van der Waals surface area contributed by atoms with E-state index in [4.69, 9.17) is 0 Å². The van der Waals surface area contributed by atoms with Crippen LogP contribution in [0.1, 0.15) is 11.3 Å². The van der Waals surface area contributed by atoms with Crippen LogP contribution in [0.5, 0.6) is 0 Å². The summed E-state index contributed by atoms with van der Waals surface area (Å²) in [6.45, 7) is 2.52. The van der Waals surface area contributed by atoms with Gasteiger partial charge in [0, 0.05) is 10.2 Å². The zero-order chi connectivity index (χ0) is 12.4. The van der Waals surface area contributed by atoms with E-state index in [2.05, 4.69) is 31.9 Å². The monoisotopic (exact) mass is 355 g/mol. The van der Waals surface area contributed by atoms with Crippen LogP contribution in [0.2, 0.25) is 0 Å². The number of hydrogen-bond acceptors (Lipinski definition) is 1. The fourth-order valence-electron chi connectivity index (χ4n) is 1.64. The highest BCUT2D eigenvalue weighted by Crippen LogP contribution is 2.18. The number of halogens is 2. The average Bonchev–Trinajstić information content (AvgIpc) is 2.33. The number of nitrogens with zero attached hydrogens (tertiary/aromatic N) is 1. The third-order valence-electron chi connectivity index (χ3n) is 2.64. The molecule has 2 rings (SSSR count). The maximum absolute atomic E-state index is 12.0. The Bertz CT molecular complexity index is 590. The van der Waals surface area contributed by atoms with E-state index in [1.165, 1.54) is 0 Å². The molecule has 0 fully saturated rings. The van der Waals surface area contributed by atoms with Crippen LogP contribution in [0.15, 0.2) is 50.1 Å². The molecule has 2 aromatic rings. The minimum Gasteiger partial charge on any atom is -0.306 e. The molecule has 17 heavy (non-hydrogen) atoms. The zero-order valence-corrected chi connectivity index (χ0v) is 12.5. The van der Waals surface area contributed by atoms with Crippen LogP contribution < -0.4 is 5.56 Å². The van der Waals surface area contributed by atoms with Crippen LogP contribution >= 0.6 is 31.9 Å². The van der Waals surface area contributed by atoms with Crippen LogP contribution in [-0.2, 0) is 6.54 Å². The zero-order valence-electron chi connectivity index (χ0n) is 9.28. The molecule has 0 aliphatic rings. The lowest BCUT2D eigenvalue weighted by Crippen LogP contribution is -2.23. The summed E-state index contributed by atoms with van der Waals surface area (Å²) in [7, 11) is 0. The third kappa shape index (κ3) is 2.69. The second-order valence-electron chi connectivity index (χ2n) is 3.80. The first kappa shape index (κ1) is 12.6. The fraction of sp³-hybridized carbons (Fsp3) is 0.154. The van der Waals surface area contributed by atoms with Gasteiger partial charge in [0.25, 0.3) is 5.56 Å². The summed E-state index contributed by atoms with van der Waals surface area (Å²) in [6, 6.07) is 11.7. The molecule has 0 bridgehead atoms. The molecule has 0 spiro atoms. The highest BCUT2D eigenvalue weighted by Gasteiger charge is 2.08. The molecular formula is C13H11Br2NO. The van der Waals surface area contributed by atoms with Crippen LogP contribution in [0, 0.1) is 6.92 Å². The maximum atomic E-state index is 12.0. The summed E-state index contributed by atoms with van der Waals surface area (Å²) < 4.78 is 3.26. The van der Waals surface area contributed by atoms with Crippen molar-refractivity contribution in [1.82, 2.24) is 4.57 Å². The number of benzene rings is 1. The number of hydrogen-bond donors (Lipinski definition) is 0. The summed E-state index contributed by atoms with van der Waals surface area (Å²) in [5.41, 5.74) is 2.04. The molecule has 0 aliphatic carbocycles. The SMILES string of the molecule is Cc1c(Br)cc(Br)c(=O)n1Cc1ccccc1. The number of rotatable bonds is 2. The Hall–Kier alpha value is -0.870. The molecular weight excluding hydrogens is 346 g/mol. The Morgan fingerprint density at radius 3 is 2.41 bits per heavy atom. The molecule has 0 N–H and O–H groups in total. The lowest BCUT2D eigenvalue weighted by molar-refractivity contribution is 0.721. The van der Waals surface area contributed by atoms with Crippen LogP contribution in [0.3, 0.4) is 0 Å². The molecule has 1 heterocycles. The molecule has 1 aromatic heterocycles. The number of pyridine rings is 1. The Balaban J connectivity index is 2.50. The van der Waals surface area contributed by atoms with E-state index in [1.54, 1.807) is 10.6 Å². The van der Waals surface area contributed by atoms with Crippen LogP contribution in [0.4, 0.5) is 0 Å². The predicted molar refractivity (Wildman–Crippen MR) is 76.4 cm³/mol. The standard InChI is InChI=1S/C13H11Br2NO/c1-9-11(14)7-12(15)13(17)16(9)8-10-5-3-2-4-6-10/h2-7H,8H2,1H3. The van der Waals surface area contributed by atoms with E-state index < -0.39 is 0 Å². The Morgan fingerprint density at radius 1 is 1.12 bits per heavy atom. The van der Waals surface area contributed by atoms with Crippen molar-refractivity contribution in [3.63, 3.8) is 0 Å². The summed E-state index contributed by atoms with van der Waals surface area (Å²) in [5.74, 6) is 0. The molecule has 0 saturated carbocycles. The predicted octanol–water partition coefficient (Wildman–Crippen LogP) is 3.73. The molecule has 0 unspecified atom stereocenters. The van der Waals surface area contributed by atoms with Gasteiger partial charge in [-0.3, -0.25) is 4.79 Å². The van der Waals surface area contributed by atoms with Crippen molar-refractivity contribution in [3.8, 4) is 0 Å². The molecule has 4 heteroatoms. The van der Waals surface area contributed by atoms with Gasteiger partial charge in [0.1, 0.15) is 0 Å². The smallest absolute Gasteiger partial charge is 0.265 e. The molecule has 0 atom stereocenters. The van der Waals surface area contributed by atoms with Gasteiger partial charge in [0.15, 0.2) is 0 Å². The van der Waals surface area contributed by atoms with E-state index in [0.717, 1.165) is 15.7 Å². The fourth-order valence-corrected chi connectivity index (χ4v) is 2.84. The van der Waals surface area contributed by atoms with Gasteiger partial charge in [-0.25, -0.2) is 0 Å². The van der Waals surface area contributed by atoms with E-state index >= 15 is 0 Å². The van der Waals surface area contributed by atoms with Gasteiger partial charge in [0.05, 0.1) is 11.0 Å². The molecule has 1 aromatic carbocycles. The molecule has 2 nitrogen and oxygen atoms in total. The summed E-state index contributed by atoms with van der Waals surface area (Å²) in [6.07, 6.45) is 0.